The first-order chi connectivity index (χ1) is 12.5. The summed E-state index contributed by atoms with van der Waals surface area (Å²) in [6.45, 7) is 0.492. The zero-order valence-electron chi connectivity index (χ0n) is 13.9. The number of hydrogen-bond acceptors (Lipinski definition) is 3. The highest BCUT2D eigenvalue weighted by Crippen LogP contribution is 2.22. The van der Waals surface area contributed by atoms with E-state index in [1.165, 1.54) is 5.01 Å². The SMILES string of the molecule is O=C(NCCc1ccc(Cl)cc1)C1=NN(c2ccc(Br)cc2)C(=O)CC1. The Kier molecular flexibility index (Phi) is 6.06. The lowest BCUT2D eigenvalue weighted by atomic mass is 10.1. The van der Waals surface area contributed by atoms with Crippen molar-refractivity contribution >= 4 is 50.7 Å². The van der Waals surface area contributed by atoms with Gasteiger partial charge in [-0.1, -0.05) is 39.7 Å². The van der Waals surface area contributed by atoms with Crippen LogP contribution in [0.15, 0.2) is 58.1 Å². The Morgan fingerprint density at radius 3 is 2.50 bits per heavy atom. The van der Waals surface area contributed by atoms with Gasteiger partial charge >= 0.3 is 0 Å². The number of anilines is 1. The highest BCUT2D eigenvalue weighted by atomic mass is 79.9. The van der Waals surface area contributed by atoms with Crippen molar-refractivity contribution in [2.24, 2.45) is 5.10 Å². The molecule has 3 rings (SSSR count). The van der Waals surface area contributed by atoms with Crippen molar-refractivity contribution in [3.05, 3.63) is 63.6 Å². The minimum absolute atomic E-state index is 0.120. The molecule has 0 atom stereocenters. The zero-order valence-corrected chi connectivity index (χ0v) is 16.3. The van der Waals surface area contributed by atoms with E-state index in [1.54, 1.807) is 12.1 Å². The van der Waals surface area contributed by atoms with E-state index in [4.69, 9.17) is 11.6 Å². The normalized spacial score (nSPS) is 14.2. The third-order valence-corrected chi connectivity index (χ3v) is 4.76. The smallest absolute Gasteiger partial charge is 0.267 e. The summed E-state index contributed by atoms with van der Waals surface area (Å²) in [5, 5.41) is 9.10. The molecule has 26 heavy (non-hydrogen) atoms. The van der Waals surface area contributed by atoms with E-state index in [0.29, 0.717) is 35.8 Å². The first-order valence-electron chi connectivity index (χ1n) is 8.21. The summed E-state index contributed by atoms with van der Waals surface area (Å²) in [6.07, 6.45) is 1.31. The molecule has 1 N–H and O–H groups in total. The summed E-state index contributed by atoms with van der Waals surface area (Å²) < 4.78 is 0.912. The van der Waals surface area contributed by atoms with Gasteiger partial charge in [0.25, 0.3) is 5.91 Å². The van der Waals surface area contributed by atoms with Gasteiger partial charge in [-0.05, 0) is 48.4 Å². The van der Waals surface area contributed by atoms with Gasteiger partial charge in [0, 0.05) is 28.9 Å². The van der Waals surface area contributed by atoms with E-state index in [1.807, 2.05) is 36.4 Å². The second-order valence-corrected chi connectivity index (χ2v) is 7.21. The van der Waals surface area contributed by atoms with Crippen LogP contribution in [-0.4, -0.2) is 24.1 Å². The molecule has 0 bridgehead atoms. The van der Waals surface area contributed by atoms with Crippen LogP contribution in [0.5, 0.6) is 0 Å². The molecule has 0 spiro atoms. The molecule has 0 unspecified atom stereocenters. The van der Waals surface area contributed by atoms with Gasteiger partial charge in [0.15, 0.2) is 0 Å². The quantitative estimate of drug-likeness (QED) is 0.775. The molecule has 1 aliphatic rings. The lowest BCUT2D eigenvalue weighted by Crippen LogP contribution is -2.39. The Hall–Kier alpha value is -2.18. The molecule has 134 valence electrons. The predicted molar refractivity (Wildman–Crippen MR) is 106 cm³/mol. The number of amides is 2. The highest BCUT2D eigenvalue weighted by molar-refractivity contribution is 9.10. The third-order valence-electron chi connectivity index (χ3n) is 3.98. The van der Waals surface area contributed by atoms with Gasteiger partial charge in [0.1, 0.15) is 5.71 Å². The molecular formula is C19H17BrClN3O2. The molecule has 2 amide bonds. The van der Waals surface area contributed by atoms with Crippen LogP contribution in [0.3, 0.4) is 0 Å². The number of rotatable bonds is 5. The van der Waals surface area contributed by atoms with Crippen molar-refractivity contribution in [1.29, 1.82) is 0 Å². The van der Waals surface area contributed by atoms with Crippen LogP contribution in [0, 0.1) is 0 Å². The molecule has 0 aliphatic carbocycles. The molecule has 0 fully saturated rings. The van der Waals surface area contributed by atoms with Gasteiger partial charge in [-0.15, -0.1) is 0 Å². The van der Waals surface area contributed by atoms with E-state index >= 15 is 0 Å². The third kappa shape index (κ3) is 4.71. The van der Waals surface area contributed by atoms with Crippen molar-refractivity contribution in [1.82, 2.24) is 5.32 Å². The molecule has 0 aromatic heterocycles. The fourth-order valence-electron chi connectivity index (χ4n) is 2.57. The Balaban J connectivity index is 1.62. The van der Waals surface area contributed by atoms with Crippen molar-refractivity contribution in [3.8, 4) is 0 Å². The van der Waals surface area contributed by atoms with Gasteiger partial charge in [-0.2, -0.15) is 5.10 Å². The molecule has 7 heteroatoms. The maximum Gasteiger partial charge on any atom is 0.267 e. The van der Waals surface area contributed by atoms with Gasteiger partial charge in [0.05, 0.1) is 5.69 Å². The summed E-state index contributed by atoms with van der Waals surface area (Å²) in [5.41, 5.74) is 2.10. The minimum Gasteiger partial charge on any atom is -0.351 e. The average Bonchev–Trinajstić information content (AvgIpc) is 2.64. The van der Waals surface area contributed by atoms with Crippen molar-refractivity contribution in [2.45, 2.75) is 19.3 Å². The number of carbonyl (C=O) groups is 2. The van der Waals surface area contributed by atoms with E-state index in [2.05, 4.69) is 26.3 Å². The fourth-order valence-corrected chi connectivity index (χ4v) is 2.96. The average molecular weight is 435 g/mol. The largest absolute Gasteiger partial charge is 0.351 e. The number of nitrogens with zero attached hydrogens (tertiary/aromatic N) is 2. The lowest BCUT2D eigenvalue weighted by molar-refractivity contribution is -0.118. The van der Waals surface area contributed by atoms with Crippen molar-refractivity contribution < 1.29 is 9.59 Å². The number of hydrogen-bond donors (Lipinski definition) is 1. The van der Waals surface area contributed by atoms with Crippen molar-refractivity contribution in [3.63, 3.8) is 0 Å². The summed E-state index contributed by atoms with van der Waals surface area (Å²) in [4.78, 5) is 24.5. The Morgan fingerprint density at radius 1 is 1.12 bits per heavy atom. The highest BCUT2D eigenvalue weighted by Gasteiger charge is 2.25. The lowest BCUT2D eigenvalue weighted by Gasteiger charge is -2.23. The summed E-state index contributed by atoms with van der Waals surface area (Å²) in [5.74, 6) is -0.362. The van der Waals surface area contributed by atoms with Gasteiger partial charge in [-0.25, -0.2) is 5.01 Å². The van der Waals surface area contributed by atoms with Crippen LogP contribution in [0.2, 0.25) is 5.02 Å². The standard InChI is InChI=1S/C19H17BrClN3O2/c20-14-3-7-16(8-4-14)24-18(25)10-9-17(23-24)19(26)22-12-11-13-1-5-15(21)6-2-13/h1-8H,9-12H2,(H,22,26). The van der Waals surface area contributed by atoms with E-state index in [9.17, 15) is 9.59 Å². The molecule has 1 aliphatic heterocycles. The maximum atomic E-state index is 12.4. The summed E-state index contributed by atoms with van der Waals surface area (Å²) in [7, 11) is 0. The number of hydrazone groups is 1. The molecule has 2 aromatic rings. The maximum absolute atomic E-state index is 12.4. The van der Waals surface area contributed by atoms with E-state index in [-0.39, 0.29) is 18.2 Å². The van der Waals surface area contributed by atoms with Gasteiger partial charge in [-0.3, -0.25) is 9.59 Å². The summed E-state index contributed by atoms with van der Waals surface area (Å²) in [6, 6.07) is 14.7. The zero-order chi connectivity index (χ0) is 18.5. The molecule has 0 saturated heterocycles. The predicted octanol–water partition coefficient (Wildman–Crippen LogP) is 3.94. The van der Waals surface area contributed by atoms with Crippen LogP contribution >= 0.6 is 27.5 Å². The molecule has 0 saturated carbocycles. The van der Waals surface area contributed by atoms with E-state index in [0.717, 1.165) is 10.0 Å². The summed E-state index contributed by atoms with van der Waals surface area (Å²) >= 11 is 9.22. The second-order valence-electron chi connectivity index (χ2n) is 5.86. The Labute approximate surface area is 165 Å². The van der Waals surface area contributed by atoms with Gasteiger partial charge < -0.3 is 5.32 Å². The minimum atomic E-state index is -0.242. The number of halogens is 2. The first kappa shape index (κ1) is 18.6. The number of carbonyl (C=O) groups excluding carboxylic acids is 2. The number of nitrogens with one attached hydrogen (secondary N) is 1. The van der Waals surface area contributed by atoms with Crippen LogP contribution in [0.1, 0.15) is 18.4 Å². The van der Waals surface area contributed by atoms with Crippen LogP contribution in [-0.2, 0) is 16.0 Å². The van der Waals surface area contributed by atoms with E-state index < -0.39 is 0 Å². The molecule has 2 aromatic carbocycles. The topological polar surface area (TPSA) is 61.8 Å². The van der Waals surface area contributed by atoms with Crippen LogP contribution in [0.25, 0.3) is 0 Å². The molecular weight excluding hydrogens is 418 g/mol. The van der Waals surface area contributed by atoms with Crippen molar-refractivity contribution in [2.75, 3.05) is 11.6 Å². The molecule has 5 nitrogen and oxygen atoms in total. The van der Waals surface area contributed by atoms with Crippen LogP contribution < -0.4 is 10.3 Å². The fraction of sp³-hybridized carbons (Fsp3) is 0.211. The number of benzene rings is 2. The van der Waals surface area contributed by atoms with Gasteiger partial charge in [0.2, 0.25) is 5.91 Å². The first-order valence-corrected chi connectivity index (χ1v) is 9.38. The molecule has 1 heterocycles. The second kappa shape index (κ2) is 8.47. The monoisotopic (exact) mass is 433 g/mol. The Morgan fingerprint density at radius 2 is 1.81 bits per heavy atom. The van der Waals surface area contributed by atoms with Crippen LogP contribution in [0.4, 0.5) is 5.69 Å². The molecule has 0 radical (unpaired) electrons. The Bertz CT molecular complexity index is 835.